The van der Waals surface area contributed by atoms with E-state index in [9.17, 15) is 14.4 Å². The van der Waals surface area contributed by atoms with E-state index < -0.39 is 23.3 Å². The van der Waals surface area contributed by atoms with Gasteiger partial charge in [-0.2, -0.15) is 0 Å². The van der Waals surface area contributed by atoms with Crippen LogP contribution in [0.15, 0.2) is 59.5 Å². The molecule has 1 amide bonds. The molecule has 0 spiro atoms. The third-order valence-corrected chi connectivity index (χ3v) is 3.54. The number of halogens is 1. The molecule has 1 heterocycles. The predicted molar refractivity (Wildman–Crippen MR) is 99.3 cm³/mol. The number of hydrogen-bond donors (Lipinski definition) is 1. The number of carbonyl (C=O) groups excluding carboxylic acids is 2. The summed E-state index contributed by atoms with van der Waals surface area (Å²) in [4.78, 5) is 39.4. The molecule has 0 aliphatic rings. The second-order valence-electron chi connectivity index (χ2n) is 5.67. The Hall–Kier alpha value is -2.44. The summed E-state index contributed by atoms with van der Waals surface area (Å²) in [5.74, 6) is -0.898. The van der Waals surface area contributed by atoms with Gasteiger partial charge in [0.2, 0.25) is 0 Å². The summed E-state index contributed by atoms with van der Waals surface area (Å²) in [7, 11) is 3.78. The van der Waals surface area contributed by atoms with Crippen LogP contribution in [0.5, 0.6) is 0 Å². The molecule has 25 heavy (non-hydrogen) atoms. The third kappa shape index (κ3) is 5.55. The van der Waals surface area contributed by atoms with E-state index in [1.807, 2.05) is 19.0 Å². The van der Waals surface area contributed by atoms with Gasteiger partial charge in [0.1, 0.15) is 0 Å². The van der Waals surface area contributed by atoms with Crippen molar-refractivity contribution in [2.45, 2.75) is 6.04 Å². The number of benzene rings is 1. The molecule has 1 atom stereocenters. The Morgan fingerprint density at radius 2 is 1.72 bits per heavy atom. The maximum absolute atomic E-state index is 12.8. The van der Waals surface area contributed by atoms with Crippen molar-refractivity contribution < 1.29 is 9.59 Å². The van der Waals surface area contributed by atoms with Crippen LogP contribution in [-0.2, 0) is 4.79 Å². The maximum Gasteiger partial charge on any atom is 0.251 e. The highest BCUT2D eigenvalue weighted by molar-refractivity contribution is 6.11. The van der Waals surface area contributed by atoms with Gasteiger partial charge in [-0.05, 0) is 20.2 Å². The molecule has 1 aromatic carbocycles. The van der Waals surface area contributed by atoms with Gasteiger partial charge in [0.25, 0.3) is 11.5 Å². The highest BCUT2D eigenvalue weighted by Crippen LogP contribution is 2.13. The Morgan fingerprint density at radius 1 is 1.08 bits per heavy atom. The van der Waals surface area contributed by atoms with Crippen molar-refractivity contribution in [2.75, 3.05) is 27.2 Å². The lowest BCUT2D eigenvalue weighted by Gasteiger charge is -2.19. The van der Waals surface area contributed by atoms with Gasteiger partial charge in [-0.15, -0.1) is 12.4 Å². The molecule has 0 aliphatic carbocycles. The molecule has 7 heteroatoms. The molecular weight excluding hydrogens is 342 g/mol. The number of ketones is 1. The SMILES string of the molecule is CN(C)CCNC(=O)C(C(=O)c1ccccc1)n1ccccc1=O.Cl. The summed E-state index contributed by atoms with van der Waals surface area (Å²) in [5, 5.41) is 2.73. The molecule has 0 radical (unpaired) electrons. The van der Waals surface area contributed by atoms with Crippen molar-refractivity contribution in [3.05, 3.63) is 70.6 Å². The molecular formula is C18H22ClN3O3. The molecule has 0 fully saturated rings. The number of likely N-dealkylation sites (N-methyl/N-ethyl adjacent to an activating group) is 1. The highest BCUT2D eigenvalue weighted by atomic mass is 35.5. The number of Topliss-reactive ketones (excluding diaryl/α,β-unsaturated/α-hetero) is 1. The van der Waals surface area contributed by atoms with Crippen LogP contribution in [0.4, 0.5) is 0 Å². The Balaban J connectivity index is 0.00000312. The summed E-state index contributed by atoms with van der Waals surface area (Å²) in [5.41, 5.74) is -0.00412. The maximum atomic E-state index is 12.8. The van der Waals surface area contributed by atoms with Crippen molar-refractivity contribution in [2.24, 2.45) is 0 Å². The summed E-state index contributed by atoms with van der Waals surface area (Å²) in [6.07, 6.45) is 1.46. The fourth-order valence-corrected chi connectivity index (χ4v) is 2.28. The van der Waals surface area contributed by atoms with Crippen molar-refractivity contribution in [3.63, 3.8) is 0 Å². The molecule has 134 valence electrons. The predicted octanol–water partition coefficient (Wildman–Crippen LogP) is 1.37. The molecule has 2 rings (SSSR count). The molecule has 0 aliphatic heterocycles. The van der Waals surface area contributed by atoms with E-state index in [-0.39, 0.29) is 12.4 Å². The zero-order valence-corrected chi connectivity index (χ0v) is 15.0. The van der Waals surface area contributed by atoms with Gasteiger partial charge in [0.15, 0.2) is 11.8 Å². The third-order valence-electron chi connectivity index (χ3n) is 3.54. The van der Waals surface area contributed by atoms with E-state index in [0.29, 0.717) is 18.7 Å². The highest BCUT2D eigenvalue weighted by Gasteiger charge is 2.29. The lowest BCUT2D eigenvalue weighted by molar-refractivity contribution is -0.123. The monoisotopic (exact) mass is 363 g/mol. The number of amides is 1. The first-order chi connectivity index (χ1) is 11.5. The van der Waals surface area contributed by atoms with Crippen LogP contribution < -0.4 is 10.9 Å². The molecule has 1 N–H and O–H groups in total. The molecule has 1 aromatic heterocycles. The van der Waals surface area contributed by atoms with Crippen LogP contribution in [-0.4, -0.2) is 48.3 Å². The summed E-state index contributed by atoms with van der Waals surface area (Å²) in [6, 6.07) is 11.8. The minimum Gasteiger partial charge on any atom is -0.353 e. The number of nitrogens with zero attached hydrogens (tertiary/aromatic N) is 2. The number of aromatic nitrogens is 1. The number of hydrogen-bond acceptors (Lipinski definition) is 4. The zero-order valence-electron chi connectivity index (χ0n) is 14.2. The van der Waals surface area contributed by atoms with E-state index in [0.717, 1.165) is 0 Å². The van der Waals surface area contributed by atoms with Crippen LogP contribution in [0.1, 0.15) is 16.4 Å². The Labute approximate surface area is 152 Å². The van der Waals surface area contributed by atoms with E-state index in [4.69, 9.17) is 0 Å². The summed E-state index contributed by atoms with van der Waals surface area (Å²) < 4.78 is 1.17. The molecule has 0 bridgehead atoms. The van der Waals surface area contributed by atoms with E-state index >= 15 is 0 Å². The molecule has 0 saturated heterocycles. The van der Waals surface area contributed by atoms with Gasteiger partial charge in [-0.25, -0.2) is 0 Å². The fourth-order valence-electron chi connectivity index (χ4n) is 2.28. The van der Waals surface area contributed by atoms with Gasteiger partial charge < -0.3 is 10.2 Å². The van der Waals surface area contributed by atoms with Crippen LogP contribution in [0.2, 0.25) is 0 Å². The average molecular weight is 364 g/mol. The van der Waals surface area contributed by atoms with Crippen molar-refractivity contribution >= 4 is 24.1 Å². The molecule has 6 nitrogen and oxygen atoms in total. The normalized spacial score (nSPS) is 11.5. The van der Waals surface area contributed by atoms with E-state index in [1.165, 1.54) is 16.8 Å². The Bertz CT molecular complexity index is 759. The number of pyridine rings is 1. The van der Waals surface area contributed by atoms with Crippen LogP contribution in [0.3, 0.4) is 0 Å². The number of nitrogens with one attached hydrogen (secondary N) is 1. The van der Waals surface area contributed by atoms with Crippen molar-refractivity contribution in [1.82, 2.24) is 14.8 Å². The quantitative estimate of drug-likeness (QED) is 0.596. The molecule has 1 unspecified atom stereocenters. The van der Waals surface area contributed by atoms with Crippen LogP contribution in [0.25, 0.3) is 0 Å². The second kappa shape index (κ2) is 9.76. The lowest BCUT2D eigenvalue weighted by atomic mass is 10.0. The van der Waals surface area contributed by atoms with E-state index in [2.05, 4.69) is 5.32 Å². The van der Waals surface area contributed by atoms with Crippen LogP contribution in [0, 0.1) is 0 Å². The zero-order chi connectivity index (χ0) is 17.5. The minimum atomic E-state index is -1.22. The summed E-state index contributed by atoms with van der Waals surface area (Å²) in [6.45, 7) is 1.04. The van der Waals surface area contributed by atoms with Gasteiger partial charge in [-0.3, -0.25) is 19.0 Å². The average Bonchev–Trinajstić information content (AvgIpc) is 2.57. The first-order valence-electron chi connectivity index (χ1n) is 7.69. The Kier molecular flexibility index (Phi) is 8.04. The lowest BCUT2D eigenvalue weighted by Crippen LogP contribution is -2.43. The van der Waals surface area contributed by atoms with Gasteiger partial charge in [0.05, 0.1) is 0 Å². The smallest absolute Gasteiger partial charge is 0.251 e. The van der Waals surface area contributed by atoms with Crippen LogP contribution >= 0.6 is 12.4 Å². The first kappa shape index (κ1) is 20.6. The number of rotatable bonds is 7. The second-order valence-corrected chi connectivity index (χ2v) is 5.67. The van der Waals surface area contributed by atoms with Gasteiger partial charge in [0, 0.05) is 30.9 Å². The standard InChI is InChI=1S/C18H21N3O3.ClH/c1-20(2)13-11-19-18(24)16(21-12-7-6-10-15(21)22)17(23)14-8-4-3-5-9-14;/h3-10,12,16H,11,13H2,1-2H3,(H,19,24);1H. The van der Waals surface area contributed by atoms with Crippen molar-refractivity contribution in [1.29, 1.82) is 0 Å². The number of carbonyl (C=O) groups is 2. The fraction of sp³-hybridized carbons (Fsp3) is 0.278. The van der Waals surface area contributed by atoms with Gasteiger partial charge >= 0.3 is 0 Å². The van der Waals surface area contributed by atoms with Crippen molar-refractivity contribution in [3.8, 4) is 0 Å². The molecule has 0 saturated carbocycles. The minimum absolute atomic E-state index is 0. The largest absolute Gasteiger partial charge is 0.353 e. The molecule has 2 aromatic rings. The Morgan fingerprint density at radius 3 is 2.32 bits per heavy atom. The van der Waals surface area contributed by atoms with E-state index in [1.54, 1.807) is 42.5 Å². The summed E-state index contributed by atoms with van der Waals surface area (Å²) >= 11 is 0. The first-order valence-corrected chi connectivity index (χ1v) is 7.69. The topological polar surface area (TPSA) is 71.4 Å². The van der Waals surface area contributed by atoms with Gasteiger partial charge in [-0.1, -0.05) is 36.4 Å².